The molecule has 0 saturated carbocycles. The third-order valence-corrected chi connectivity index (χ3v) is 4.04. The maximum absolute atomic E-state index is 11.4. The largest absolute Gasteiger partial charge is 0.463 e. The first-order valence-corrected chi connectivity index (χ1v) is 8.95. The summed E-state index contributed by atoms with van der Waals surface area (Å²) < 4.78 is 6.07. The molecule has 1 rings (SSSR count). The van der Waals surface area contributed by atoms with Crippen molar-refractivity contribution in [3.8, 4) is 0 Å². The number of allylic oxidation sites excluding steroid dienone is 3. The van der Waals surface area contributed by atoms with Crippen molar-refractivity contribution in [2.24, 2.45) is 5.92 Å². The van der Waals surface area contributed by atoms with Gasteiger partial charge in [0.05, 0.1) is 6.61 Å². The molecule has 0 aromatic rings. The van der Waals surface area contributed by atoms with Crippen molar-refractivity contribution in [2.45, 2.75) is 46.1 Å². The van der Waals surface area contributed by atoms with Crippen molar-refractivity contribution < 1.29 is 9.53 Å². The van der Waals surface area contributed by atoms with Gasteiger partial charge in [0, 0.05) is 23.1 Å². The minimum Gasteiger partial charge on any atom is -0.463 e. The zero-order valence-corrected chi connectivity index (χ0v) is 15.5. The summed E-state index contributed by atoms with van der Waals surface area (Å²) in [5.74, 6) is 0.292. The first-order chi connectivity index (χ1) is 10.5. The Morgan fingerprint density at radius 3 is 2.82 bits per heavy atom. The highest BCUT2D eigenvalue weighted by molar-refractivity contribution is 9.11. The van der Waals surface area contributed by atoms with Crippen LogP contribution in [0.4, 0.5) is 0 Å². The van der Waals surface area contributed by atoms with Gasteiger partial charge in [-0.1, -0.05) is 60.5 Å². The van der Waals surface area contributed by atoms with Crippen LogP contribution in [0.3, 0.4) is 0 Å². The average molecular weight is 370 g/mol. The van der Waals surface area contributed by atoms with Gasteiger partial charge in [0.25, 0.3) is 0 Å². The molecule has 1 saturated heterocycles. The molecule has 1 atom stereocenters. The van der Waals surface area contributed by atoms with Crippen molar-refractivity contribution in [1.29, 1.82) is 0 Å². The molecule has 124 valence electrons. The highest BCUT2D eigenvalue weighted by atomic mass is 79.9. The Morgan fingerprint density at radius 2 is 2.14 bits per heavy atom. The maximum atomic E-state index is 11.4. The van der Waals surface area contributed by atoms with Crippen molar-refractivity contribution in [1.82, 2.24) is 4.90 Å². The molecule has 22 heavy (non-hydrogen) atoms. The Bertz CT molecular complexity index is 427. The maximum Gasteiger partial charge on any atom is 0.330 e. The molecule has 1 fully saturated rings. The number of carbonyl (C=O) groups is 1. The number of ether oxygens (including phenoxy) is 1. The van der Waals surface area contributed by atoms with E-state index >= 15 is 0 Å². The zero-order chi connectivity index (χ0) is 16.4. The van der Waals surface area contributed by atoms with E-state index in [9.17, 15) is 4.79 Å². The molecular formula is C18H28BrNO2. The number of esters is 1. The number of piperidine rings is 1. The van der Waals surface area contributed by atoms with E-state index < -0.39 is 0 Å². The van der Waals surface area contributed by atoms with E-state index in [1.165, 1.54) is 12.8 Å². The highest BCUT2D eigenvalue weighted by Crippen LogP contribution is 2.18. The lowest BCUT2D eigenvalue weighted by atomic mass is 10.0. The van der Waals surface area contributed by atoms with Crippen LogP contribution in [0.15, 0.2) is 34.9 Å². The summed E-state index contributed by atoms with van der Waals surface area (Å²) in [5.41, 5.74) is 0. The molecule has 0 aromatic heterocycles. The lowest BCUT2D eigenvalue weighted by molar-refractivity contribution is -0.137. The molecule has 0 radical (unpaired) electrons. The van der Waals surface area contributed by atoms with Crippen LogP contribution in [-0.4, -0.2) is 36.6 Å². The van der Waals surface area contributed by atoms with Crippen LogP contribution in [-0.2, 0) is 9.53 Å². The van der Waals surface area contributed by atoms with Crippen molar-refractivity contribution in [2.75, 3.05) is 19.7 Å². The number of rotatable bonds is 7. The number of halogens is 1. The topological polar surface area (TPSA) is 29.5 Å². The minimum absolute atomic E-state index is 0.244. The molecule has 0 aromatic carbocycles. The van der Waals surface area contributed by atoms with E-state index in [4.69, 9.17) is 4.74 Å². The molecule has 1 heterocycles. The normalized spacial score (nSPS) is 21.1. The lowest BCUT2D eigenvalue weighted by Gasteiger charge is -2.33. The third kappa shape index (κ3) is 7.95. The van der Waals surface area contributed by atoms with Crippen LogP contribution in [0.1, 0.15) is 40.0 Å². The van der Waals surface area contributed by atoms with Gasteiger partial charge in [-0.15, -0.1) is 0 Å². The van der Waals surface area contributed by atoms with E-state index in [1.807, 2.05) is 13.0 Å². The Labute approximate surface area is 143 Å². The van der Waals surface area contributed by atoms with E-state index in [0.29, 0.717) is 18.6 Å². The summed E-state index contributed by atoms with van der Waals surface area (Å²) in [5, 5.41) is 0. The van der Waals surface area contributed by atoms with Gasteiger partial charge >= 0.3 is 5.97 Å². The monoisotopic (exact) mass is 369 g/mol. The molecule has 0 bridgehead atoms. The average Bonchev–Trinajstić information content (AvgIpc) is 2.46. The summed E-state index contributed by atoms with van der Waals surface area (Å²) in [6.07, 6.45) is 13.6. The SMILES string of the molecule is CCOC(=O)/C=C/C1CCCCN1C/C=C/C(Br)=C/C(C)C. The lowest BCUT2D eigenvalue weighted by Crippen LogP contribution is -2.38. The van der Waals surface area contributed by atoms with E-state index in [-0.39, 0.29) is 5.97 Å². The molecule has 0 aliphatic carbocycles. The van der Waals surface area contributed by atoms with Crippen molar-refractivity contribution >= 4 is 21.9 Å². The number of likely N-dealkylation sites (tertiary alicyclic amines) is 1. The Morgan fingerprint density at radius 1 is 1.36 bits per heavy atom. The Hall–Kier alpha value is -0.870. The standard InChI is InChI=1S/C18H28BrNO2/c1-4-22-18(21)11-10-17-9-5-6-12-20(17)13-7-8-16(19)14-15(2)3/h7-8,10-11,14-15,17H,4-6,9,12-13H2,1-3H3/b8-7+,11-10+,16-14-. The number of nitrogens with zero attached hydrogens (tertiary/aromatic N) is 1. The predicted molar refractivity (Wildman–Crippen MR) is 96.0 cm³/mol. The predicted octanol–water partition coefficient (Wildman–Crippen LogP) is 4.45. The summed E-state index contributed by atoms with van der Waals surface area (Å²) in [6, 6.07) is 0.329. The molecule has 0 amide bonds. The van der Waals surface area contributed by atoms with Crippen LogP contribution < -0.4 is 0 Å². The molecule has 0 spiro atoms. The fourth-order valence-electron chi connectivity index (χ4n) is 2.52. The van der Waals surface area contributed by atoms with Crippen LogP contribution in [0.2, 0.25) is 0 Å². The second-order valence-electron chi connectivity index (χ2n) is 5.87. The van der Waals surface area contributed by atoms with Crippen LogP contribution in [0, 0.1) is 5.92 Å². The molecule has 1 unspecified atom stereocenters. The minimum atomic E-state index is -0.244. The second kappa shape index (κ2) is 10.8. The third-order valence-electron chi connectivity index (χ3n) is 3.51. The van der Waals surface area contributed by atoms with Gasteiger partial charge < -0.3 is 4.74 Å². The quantitative estimate of drug-likeness (QED) is 0.377. The summed E-state index contributed by atoms with van der Waals surface area (Å²) in [7, 11) is 0. The summed E-state index contributed by atoms with van der Waals surface area (Å²) in [6.45, 7) is 8.56. The molecular weight excluding hydrogens is 342 g/mol. The second-order valence-corrected chi connectivity index (χ2v) is 6.78. The van der Waals surface area contributed by atoms with Crippen molar-refractivity contribution in [3.63, 3.8) is 0 Å². The van der Waals surface area contributed by atoms with Crippen LogP contribution >= 0.6 is 15.9 Å². The van der Waals surface area contributed by atoms with Crippen molar-refractivity contribution in [3.05, 3.63) is 34.9 Å². The summed E-state index contributed by atoms with van der Waals surface area (Å²) >= 11 is 3.57. The number of carbonyl (C=O) groups excluding carboxylic acids is 1. The van der Waals surface area contributed by atoms with Gasteiger partial charge in [-0.2, -0.15) is 0 Å². The van der Waals surface area contributed by atoms with E-state index in [2.05, 4.69) is 52.9 Å². The zero-order valence-electron chi connectivity index (χ0n) is 13.9. The van der Waals surface area contributed by atoms with Gasteiger partial charge in [0.1, 0.15) is 0 Å². The fraction of sp³-hybridized carbons (Fsp3) is 0.611. The Balaban J connectivity index is 2.55. The van der Waals surface area contributed by atoms with Crippen LogP contribution in [0.25, 0.3) is 0 Å². The molecule has 1 aliphatic rings. The first-order valence-electron chi connectivity index (χ1n) is 8.15. The molecule has 0 N–H and O–H groups in total. The van der Waals surface area contributed by atoms with Gasteiger partial charge in [-0.25, -0.2) is 4.79 Å². The van der Waals surface area contributed by atoms with Crippen LogP contribution in [0.5, 0.6) is 0 Å². The number of hydrogen-bond donors (Lipinski definition) is 0. The van der Waals surface area contributed by atoms with E-state index in [0.717, 1.165) is 24.0 Å². The fourth-order valence-corrected chi connectivity index (χ4v) is 3.23. The van der Waals surface area contributed by atoms with Gasteiger partial charge in [0.15, 0.2) is 0 Å². The molecule has 4 heteroatoms. The van der Waals surface area contributed by atoms with Gasteiger partial charge in [-0.3, -0.25) is 4.90 Å². The number of hydrogen-bond acceptors (Lipinski definition) is 3. The first kappa shape index (κ1) is 19.2. The smallest absolute Gasteiger partial charge is 0.330 e. The Kier molecular flexibility index (Phi) is 9.41. The van der Waals surface area contributed by atoms with Gasteiger partial charge in [-0.05, 0) is 32.2 Å². The highest BCUT2D eigenvalue weighted by Gasteiger charge is 2.19. The summed E-state index contributed by atoms with van der Waals surface area (Å²) in [4.78, 5) is 13.9. The van der Waals surface area contributed by atoms with E-state index in [1.54, 1.807) is 6.08 Å². The molecule has 1 aliphatic heterocycles. The van der Waals surface area contributed by atoms with Gasteiger partial charge in [0.2, 0.25) is 0 Å². The molecule has 3 nitrogen and oxygen atoms in total.